The van der Waals surface area contributed by atoms with Gasteiger partial charge in [0.05, 0.1) is 11.9 Å². The number of nitrogen functional groups attached to an aromatic ring is 1. The average molecular weight is 382 g/mol. The van der Waals surface area contributed by atoms with Crippen LogP contribution in [0, 0.1) is 6.92 Å². The predicted octanol–water partition coefficient (Wildman–Crippen LogP) is 1.91. The molecule has 3 rings (SSSR count). The first-order valence-corrected chi connectivity index (χ1v) is 7.87. The third kappa shape index (κ3) is 3.51. The van der Waals surface area contributed by atoms with Crippen LogP contribution in [0.4, 0.5) is 5.82 Å². The fourth-order valence-electron chi connectivity index (χ4n) is 2.64. The number of hydrogen-bond acceptors (Lipinski definition) is 7. The Hall–Kier alpha value is -4.21. The number of nitrogens with two attached hydrogens (primary N) is 1. The minimum absolute atomic E-state index is 0.176. The zero-order valence-corrected chi connectivity index (χ0v) is 14.5. The molecular formula is C18H14N4O6. The van der Waals surface area contributed by atoms with Crippen LogP contribution < -0.4 is 16.0 Å². The highest BCUT2D eigenvalue weighted by Gasteiger charge is 2.26. The molecule has 0 bridgehead atoms. The van der Waals surface area contributed by atoms with Gasteiger partial charge in [-0.1, -0.05) is 12.1 Å². The average Bonchev–Trinajstić information content (AvgIpc) is 2.61. The fourth-order valence-corrected chi connectivity index (χ4v) is 2.64. The van der Waals surface area contributed by atoms with Crippen molar-refractivity contribution in [1.29, 1.82) is 0 Å². The molecule has 10 nitrogen and oxygen atoms in total. The predicted molar refractivity (Wildman–Crippen MR) is 97.7 cm³/mol. The van der Waals surface area contributed by atoms with Crippen LogP contribution in [0.2, 0.25) is 0 Å². The Kier molecular flexibility index (Phi) is 4.77. The molecule has 0 aliphatic carbocycles. The van der Waals surface area contributed by atoms with Crippen LogP contribution >= 0.6 is 0 Å². The van der Waals surface area contributed by atoms with Crippen LogP contribution in [0.25, 0.3) is 11.1 Å². The second-order valence-electron chi connectivity index (χ2n) is 5.73. The van der Waals surface area contributed by atoms with Crippen molar-refractivity contribution in [2.24, 2.45) is 0 Å². The quantitative estimate of drug-likeness (QED) is 0.515. The number of aromatic amines is 1. The molecule has 0 radical (unpaired) electrons. The maximum absolute atomic E-state index is 12.0. The zero-order valence-electron chi connectivity index (χ0n) is 14.5. The number of pyridine rings is 1. The van der Waals surface area contributed by atoms with Crippen molar-refractivity contribution in [2.45, 2.75) is 6.92 Å². The number of H-pyrrole nitrogens is 1. The molecule has 0 amide bonds. The number of benzene rings is 1. The van der Waals surface area contributed by atoms with Gasteiger partial charge in [-0.05, 0) is 24.6 Å². The van der Waals surface area contributed by atoms with Crippen LogP contribution in [-0.4, -0.2) is 37.1 Å². The topological polar surface area (TPSA) is 168 Å². The summed E-state index contributed by atoms with van der Waals surface area (Å²) >= 11 is 0. The number of aromatic carboxylic acids is 2. The lowest BCUT2D eigenvalue weighted by Gasteiger charge is -2.12. The summed E-state index contributed by atoms with van der Waals surface area (Å²) in [5, 5.41) is 18.8. The molecule has 2 heterocycles. The molecule has 0 unspecified atom stereocenters. The van der Waals surface area contributed by atoms with Crippen molar-refractivity contribution in [2.75, 3.05) is 5.73 Å². The fraction of sp³-hybridized carbons (Fsp3) is 0.0556. The molecule has 0 saturated heterocycles. The highest BCUT2D eigenvalue weighted by atomic mass is 16.5. The minimum atomic E-state index is -1.57. The number of aromatic nitrogens is 3. The third-order valence-electron chi connectivity index (χ3n) is 3.77. The number of nitrogens with zero attached hydrogens (tertiary/aromatic N) is 2. The number of anilines is 1. The summed E-state index contributed by atoms with van der Waals surface area (Å²) in [6.07, 6.45) is 2.98. The molecule has 5 N–H and O–H groups in total. The monoisotopic (exact) mass is 382 g/mol. The lowest BCUT2D eigenvalue weighted by Crippen LogP contribution is -2.24. The van der Waals surface area contributed by atoms with Crippen LogP contribution in [0.15, 0.2) is 41.5 Å². The Morgan fingerprint density at radius 3 is 2.29 bits per heavy atom. The number of hydrogen-bond donors (Lipinski definition) is 4. The van der Waals surface area contributed by atoms with Gasteiger partial charge in [-0.2, -0.15) is 0 Å². The van der Waals surface area contributed by atoms with Gasteiger partial charge >= 0.3 is 11.9 Å². The Morgan fingerprint density at radius 1 is 1.07 bits per heavy atom. The van der Waals surface area contributed by atoms with Gasteiger partial charge < -0.3 is 25.7 Å². The van der Waals surface area contributed by atoms with E-state index in [-0.39, 0.29) is 17.0 Å². The van der Waals surface area contributed by atoms with E-state index in [4.69, 9.17) is 10.5 Å². The number of carbonyl (C=O) groups is 2. The Morgan fingerprint density at radius 2 is 1.71 bits per heavy atom. The lowest BCUT2D eigenvalue weighted by molar-refractivity contribution is 0.0695. The second kappa shape index (κ2) is 7.19. The van der Waals surface area contributed by atoms with Crippen LogP contribution in [0.5, 0.6) is 11.6 Å². The molecule has 0 fully saturated rings. The van der Waals surface area contributed by atoms with Gasteiger partial charge in [-0.3, -0.25) is 9.78 Å². The van der Waals surface area contributed by atoms with Crippen molar-refractivity contribution in [3.8, 4) is 22.8 Å². The van der Waals surface area contributed by atoms with E-state index in [0.717, 1.165) is 0 Å². The number of rotatable bonds is 5. The first-order valence-electron chi connectivity index (χ1n) is 7.87. The molecule has 28 heavy (non-hydrogen) atoms. The van der Waals surface area contributed by atoms with Gasteiger partial charge in [0, 0.05) is 11.8 Å². The summed E-state index contributed by atoms with van der Waals surface area (Å²) in [5.41, 5.74) is 3.93. The Bertz CT molecular complexity index is 1140. The second-order valence-corrected chi connectivity index (χ2v) is 5.73. The van der Waals surface area contributed by atoms with E-state index in [1.54, 1.807) is 13.1 Å². The molecule has 0 spiro atoms. The normalized spacial score (nSPS) is 10.5. The number of carboxylic acid groups (broad SMARTS) is 2. The highest BCUT2D eigenvalue weighted by molar-refractivity contribution is 6.07. The van der Waals surface area contributed by atoms with Gasteiger partial charge in [0.2, 0.25) is 5.88 Å². The molecule has 2 aromatic heterocycles. The molecule has 10 heteroatoms. The van der Waals surface area contributed by atoms with E-state index >= 15 is 0 Å². The van der Waals surface area contributed by atoms with E-state index < -0.39 is 34.4 Å². The van der Waals surface area contributed by atoms with Gasteiger partial charge in [0.15, 0.2) is 0 Å². The standard InChI is InChI=1S/C18H14N4O6/c1-8-6-20-7-11(21-8)28-10-4-2-9(3-5-10)12-13(17(24)25)15(19)22-16(23)14(12)18(26)27/h2-7H,1H3,(H,24,25)(H,26,27)(H3,19,22,23). The van der Waals surface area contributed by atoms with Gasteiger partial charge in [0.1, 0.15) is 22.7 Å². The summed E-state index contributed by atoms with van der Waals surface area (Å²) in [4.78, 5) is 45.3. The number of nitrogens with one attached hydrogen (secondary N) is 1. The number of ether oxygens (including phenoxy) is 1. The van der Waals surface area contributed by atoms with Gasteiger partial charge in [-0.15, -0.1) is 0 Å². The van der Waals surface area contributed by atoms with Gasteiger partial charge in [-0.25, -0.2) is 14.6 Å². The Balaban J connectivity index is 2.10. The van der Waals surface area contributed by atoms with Crippen LogP contribution in [0.1, 0.15) is 26.4 Å². The zero-order chi connectivity index (χ0) is 20.4. The van der Waals surface area contributed by atoms with E-state index in [2.05, 4.69) is 15.0 Å². The molecule has 0 aliphatic rings. The largest absolute Gasteiger partial charge is 0.478 e. The van der Waals surface area contributed by atoms with Crippen molar-refractivity contribution in [1.82, 2.24) is 15.0 Å². The van der Waals surface area contributed by atoms with Gasteiger partial charge in [0.25, 0.3) is 5.56 Å². The SMILES string of the molecule is Cc1cncc(Oc2ccc(-c3c(C(=O)O)c(N)[nH]c(=O)c3C(=O)O)cc2)n1. The first kappa shape index (κ1) is 18.6. The van der Waals surface area contributed by atoms with E-state index in [9.17, 15) is 24.6 Å². The summed E-state index contributed by atoms with van der Waals surface area (Å²) in [6.45, 7) is 1.75. The van der Waals surface area contributed by atoms with Crippen LogP contribution in [0.3, 0.4) is 0 Å². The molecule has 0 aliphatic heterocycles. The smallest absolute Gasteiger partial charge is 0.342 e. The molecule has 0 atom stereocenters. The number of carboxylic acids is 2. The van der Waals surface area contributed by atoms with Crippen molar-refractivity contribution in [3.63, 3.8) is 0 Å². The molecule has 142 valence electrons. The summed E-state index contributed by atoms with van der Waals surface area (Å²) in [5.74, 6) is -2.87. The molecule has 0 saturated carbocycles. The maximum Gasteiger partial charge on any atom is 0.342 e. The lowest BCUT2D eigenvalue weighted by atomic mass is 9.95. The molecular weight excluding hydrogens is 368 g/mol. The summed E-state index contributed by atoms with van der Waals surface area (Å²) in [6, 6.07) is 5.80. The molecule has 1 aromatic carbocycles. The summed E-state index contributed by atoms with van der Waals surface area (Å²) in [7, 11) is 0. The maximum atomic E-state index is 12.0. The van der Waals surface area contributed by atoms with E-state index in [1.807, 2.05) is 0 Å². The summed E-state index contributed by atoms with van der Waals surface area (Å²) < 4.78 is 5.55. The van der Waals surface area contributed by atoms with E-state index in [0.29, 0.717) is 11.4 Å². The number of aryl methyl sites for hydroxylation is 1. The highest BCUT2D eigenvalue weighted by Crippen LogP contribution is 2.31. The van der Waals surface area contributed by atoms with Crippen molar-refractivity contribution < 1.29 is 24.5 Å². The Labute approximate surface area is 157 Å². The van der Waals surface area contributed by atoms with Crippen molar-refractivity contribution in [3.05, 3.63) is 63.8 Å². The van der Waals surface area contributed by atoms with Crippen LogP contribution in [-0.2, 0) is 0 Å². The van der Waals surface area contributed by atoms with E-state index in [1.165, 1.54) is 30.5 Å². The minimum Gasteiger partial charge on any atom is -0.478 e. The van der Waals surface area contributed by atoms with Crippen molar-refractivity contribution >= 4 is 17.8 Å². The first-order chi connectivity index (χ1) is 13.3. The molecule has 3 aromatic rings. The third-order valence-corrected chi connectivity index (χ3v) is 3.77.